The number of methoxy groups -OCH3 is 1. The Balaban J connectivity index is 1.95. The number of anilines is 2. The first-order valence-electron chi connectivity index (χ1n) is 6.07. The summed E-state index contributed by atoms with van der Waals surface area (Å²) in [6.45, 7) is 0. The summed E-state index contributed by atoms with van der Waals surface area (Å²) in [5.74, 6) is 2.44. The van der Waals surface area contributed by atoms with Crippen LogP contribution >= 0.6 is 11.8 Å². The largest absolute Gasteiger partial charge is 0.453 e. The number of nitrogens with one attached hydrogen (secondary N) is 2. The van der Waals surface area contributed by atoms with E-state index < -0.39 is 6.09 Å². The third-order valence-electron chi connectivity index (χ3n) is 2.89. The van der Waals surface area contributed by atoms with Crippen molar-refractivity contribution in [1.29, 1.82) is 0 Å². The summed E-state index contributed by atoms with van der Waals surface area (Å²) in [5.41, 5.74) is 1.79. The number of benzene rings is 1. The van der Waals surface area contributed by atoms with Crippen LogP contribution in [0.5, 0.6) is 0 Å². The van der Waals surface area contributed by atoms with E-state index in [1.807, 2.05) is 36.0 Å². The molecule has 18 heavy (non-hydrogen) atoms. The van der Waals surface area contributed by atoms with Crippen LogP contribution in [0.25, 0.3) is 0 Å². The summed E-state index contributed by atoms with van der Waals surface area (Å²) < 4.78 is 4.57. The minimum Gasteiger partial charge on any atom is -0.453 e. The summed E-state index contributed by atoms with van der Waals surface area (Å²) >= 11 is 2.01. The van der Waals surface area contributed by atoms with Gasteiger partial charge in [0.05, 0.1) is 7.11 Å². The molecule has 98 valence electrons. The lowest BCUT2D eigenvalue weighted by molar-refractivity contribution is 0.187. The van der Waals surface area contributed by atoms with Crippen LogP contribution in [0.4, 0.5) is 16.2 Å². The van der Waals surface area contributed by atoms with Crippen molar-refractivity contribution in [3.8, 4) is 0 Å². The summed E-state index contributed by atoms with van der Waals surface area (Å²) in [5, 5.41) is 6.17. The number of thioether (sulfide) groups is 1. The second-order valence-corrected chi connectivity index (χ2v) is 5.45. The molecular formula is C13H18N2O2S. The van der Waals surface area contributed by atoms with Crippen molar-refractivity contribution in [2.45, 2.75) is 18.9 Å². The van der Waals surface area contributed by atoms with E-state index in [0.717, 1.165) is 11.4 Å². The fourth-order valence-corrected chi connectivity index (χ4v) is 3.04. The van der Waals surface area contributed by atoms with Crippen LogP contribution in [0.1, 0.15) is 12.8 Å². The lowest BCUT2D eigenvalue weighted by Crippen LogP contribution is -2.24. The maximum Gasteiger partial charge on any atom is 0.411 e. The number of carbonyl (C=O) groups excluding carboxylic acids is 1. The lowest BCUT2D eigenvalue weighted by Gasteiger charge is -2.23. The zero-order chi connectivity index (χ0) is 12.8. The van der Waals surface area contributed by atoms with Crippen molar-refractivity contribution in [3.63, 3.8) is 0 Å². The molecule has 0 radical (unpaired) electrons. The zero-order valence-corrected chi connectivity index (χ0v) is 11.3. The highest BCUT2D eigenvalue weighted by atomic mass is 32.2. The van der Waals surface area contributed by atoms with E-state index >= 15 is 0 Å². The van der Waals surface area contributed by atoms with Crippen molar-refractivity contribution >= 4 is 29.2 Å². The smallest absolute Gasteiger partial charge is 0.411 e. The van der Waals surface area contributed by atoms with E-state index in [9.17, 15) is 4.79 Å². The molecule has 1 aliphatic heterocycles. The van der Waals surface area contributed by atoms with Crippen LogP contribution in [0.3, 0.4) is 0 Å². The van der Waals surface area contributed by atoms with E-state index in [-0.39, 0.29) is 0 Å². The second-order valence-electron chi connectivity index (χ2n) is 4.23. The van der Waals surface area contributed by atoms with Crippen molar-refractivity contribution in [1.82, 2.24) is 0 Å². The van der Waals surface area contributed by atoms with Gasteiger partial charge in [-0.15, -0.1) is 0 Å². The van der Waals surface area contributed by atoms with Gasteiger partial charge in [-0.05, 0) is 42.5 Å². The normalized spacial score (nSPS) is 16.1. The average molecular weight is 266 g/mol. The van der Waals surface area contributed by atoms with Crippen molar-refractivity contribution < 1.29 is 9.53 Å². The monoisotopic (exact) mass is 266 g/mol. The molecule has 1 aromatic carbocycles. The standard InChI is InChI=1S/C13H18N2O2S/c1-17-13(16)15-12-4-2-3-11(9-12)14-10-5-7-18-8-6-10/h2-4,9-10,14H,5-8H2,1H3,(H,15,16). The molecule has 4 nitrogen and oxygen atoms in total. The van der Waals surface area contributed by atoms with Crippen LogP contribution < -0.4 is 10.6 Å². The molecule has 2 rings (SSSR count). The Kier molecular flexibility index (Phi) is 4.75. The number of hydrogen-bond acceptors (Lipinski definition) is 4. The maximum absolute atomic E-state index is 11.1. The minimum absolute atomic E-state index is 0.443. The third kappa shape index (κ3) is 3.84. The quantitative estimate of drug-likeness (QED) is 0.882. The predicted molar refractivity (Wildman–Crippen MR) is 76.4 cm³/mol. The van der Waals surface area contributed by atoms with Gasteiger partial charge in [-0.25, -0.2) is 4.79 Å². The molecule has 0 bridgehead atoms. The van der Waals surface area contributed by atoms with Gasteiger partial charge in [-0.3, -0.25) is 5.32 Å². The van der Waals surface area contributed by atoms with E-state index in [2.05, 4.69) is 15.4 Å². The molecule has 0 aromatic heterocycles. The van der Waals surface area contributed by atoms with Crippen LogP contribution in [0.2, 0.25) is 0 Å². The van der Waals surface area contributed by atoms with E-state index in [4.69, 9.17) is 0 Å². The first kappa shape index (κ1) is 13.1. The molecule has 1 heterocycles. The molecule has 1 aromatic rings. The van der Waals surface area contributed by atoms with Crippen LogP contribution in [-0.2, 0) is 4.74 Å². The SMILES string of the molecule is COC(=O)Nc1cccc(NC2CCSCC2)c1. The predicted octanol–water partition coefficient (Wildman–Crippen LogP) is 3.17. The van der Waals surface area contributed by atoms with Gasteiger partial charge in [-0.1, -0.05) is 6.07 Å². The molecule has 1 saturated heterocycles. The fourth-order valence-electron chi connectivity index (χ4n) is 1.93. The molecule has 0 saturated carbocycles. The number of carbonyl (C=O) groups is 1. The van der Waals surface area contributed by atoms with Crippen LogP contribution in [0.15, 0.2) is 24.3 Å². The van der Waals surface area contributed by atoms with E-state index in [1.54, 1.807) is 0 Å². The third-order valence-corrected chi connectivity index (χ3v) is 3.94. The van der Waals surface area contributed by atoms with Gasteiger partial charge >= 0.3 is 6.09 Å². The Morgan fingerprint density at radius 1 is 1.33 bits per heavy atom. The molecule has 0 spiro atoms. The van der Waals surface area contributed by atoms with Gasteiger partial charge in [0.25, 0.3) is 0 Å². The molecule has 0 atom stereocenters. The zero-order valence-electron chi connectivity index (χ0n) is 10.4. The van der Waals surface area contributed by atoms with Crippen LogP contribution in [-0.4, -0.2) is 30.8 Å². The molecular weight excluding hydrogens is 248 g/mol. The summed E-state index contributed by atoms with van der Waals surface area (Å²) in [6, 6.07) is 8.26. The van der Waals surface area contributed by atoms with Crippen molar-refractivity contribution in [2.24, 2.45) is 0 Å². The molecule has 1 amide bonds. The Morgan fingerprint density at radius 2 is 2.06 bits per heavy atom. The molecule has 0 aliphatic carbocycles. The van der Waals surface area contributed by atoms with Crippen LogP contribution in [0, 0.1) is 0 Å². The number of hydrogen-bond donors (Lipinski definition) is 2. The Morgan fingerprint density at radius 3 is 2.78 bits per heavy atom. The van der Waals surface area contributed by atoms with Gasteiger partial charge in [0.15, 0.2) is 0 Å². The minimum atomic E-state index is -0.443. The molecule has 1 fully saturated rings. The molecule has 1 aliphatic rings. The van der Waals surface area contributed by atoms with E-state index in [1.165, 1.54) is 31.5 Å². The highest BCUT2D eigenvalue weighted by Crippen LogP contribution is 2.22. The highest BCUT2D eigenvalue weighted by molar-refractivity contribution is 7.99. The molecule has 2 N–H and O–H groups in total. The lowest BCUT2D eigenvalue weighted by atomic mass is 10.1. The number of ether oxygens (including phenoxy) is 1. The van der Waals surface area contributed by atoms with Gasteiger partial charge in [0.2, 0.25) is 0 Å². The first-order valence-corrected chi connectivity index (χ1v) is 7.23. The molecule has 5 heteroatoms. The summed E-state index contributed by atoms with van der Waals surface area (Å²) in [7, 11) is 1.36. The Hall–Kier alpha value is -1.36. The Bertz CT molecular complexity index is 406. The van der Waals surface area contributed by atoms with Crippen molar-refractivity contribution in [3.05, 3.63) is 24.3 Å². The molecule has 0 unspecified atom stereocenters. The maximum atomic E-state index is 11.1. The second kappa shape index (κ2) is 6.54. The highest BCUT2D eigenvalue weighted by Gasteiger charge is 2.13. The fraction of sp³-hybridized carbons (Fsp3) is 0.462. The first-order chi connectivity index (χ1) is 8.78. The van der Waals surface area contributed by atoms with Gasteiger partial charge in [0.1, 0.15) is 0 Å². The number of rotatable bonds is 3. The van der Waals surface area contributed by atoms with Crippen molar-refractivity contribution in [2.75, 3.05) is 29.2 Å². The topological polar surface area (TPSA) is 50.4 Å². The average Bonchev–Trinajstić information content (AvgIpc) is 2.40. The summed E-state index contributed by atoms with van der Waals surface area (Å²) in [4.78, 5) is 11.1. The van der Waals surface area contributed by atoms with E-state index in [0.29, 0.717) is 6.04 Å². The summed E-state index contributed by atoms with van der Waals surface area (Å²) in [6.07, 6.45) is 1.94. The number of amides is 1. The van der Waals surface area contributed by atoms with Gasteiger partial charge in [0, 0.05) is 17.4 Å². The Labute approximate surface area is 111 Å². The van der Waals surface area contributed by atoms with Gasteiger partial charge < -0.3 is 10.1 Å². The van der Waals surface area contributed by atoms with Gasteiger partial charge in [-0.2, -0.15) is 11.8 Å².